The average Bonchev–Trinajstić information content (AvgIpc) is 2.82. The summed E-state index contributed by atoms with van der Waals surface area (Å²) in [5.74, 6) is -1.74. The molecule has 0 radical (unpaired) electrons. The molecule has 0 saturated carbocycles. The van der Waals surface area contributed by atoms with Gasteiger partial charge in [0.2, 0.25) is 0 Å². The summed E-state index contributed by atoms with van der Waals surface area (Å²) in [6.45, 7) is 0.516. The summed E-state index contributed by atoms with van der Waals surface area (Å²) in [7, 11) is -4.06. The van der Waals surface area contributed by atoms with Crippen molar-refractivity contribution in [3.05, 3.63) is 95.3 Å². The molecule has 0 aliphatic carbocycles. The van der Waals surface area contributed by atoms with Crippen molar-refractivity contribution in [2.75, 3.05) is 17.9 Å². The third-order valence-electron chi connectivity index (χ3n) is 5.33. The molecule has 0 aromatic heterocycles. The van der Waals surface area contributed by atoms with Gasteiger partial charge in [0.15, 0.2) is 6.61 Å². The number of fused-ring (bicyclic) bond motifs is 1. The molecule has 3 aromatic rings. The minimum absolute atomic E-state index is 0.00817. The van der Waals surface area contributed by atoms with Gasteiger partial charge in [0.25, 0.3) is 15.9 Å². The van der Waals surface area contributed by atoms with Crippen LogP contribution in [0.3, 0.4) is 0 Å². The number of hydrogen-bond donors (Lipinski definition) is 1. The van der Waals surface area contributed by atoms with Crippen LogP contribution in [0.5, 0.6) is 0 Å². The highest BCUT2D eigenvalue weighted by molar-refractivity contribution is 7.92. The lowest BCUT2D eigenvalue weighted by molar-refractivity contribution is -0.135. The van der Waals surface area contributed by atoms with Gasteiger partial charge in [-0.15, -0.1) is 0 Å². The molecule has 0 bridgehead atoms. The maximum atomic E-state index is 13.1. The van der Waals surface area contributed by atoms with Crippen LogP contribution in [0.4, 0.5) is 10.1 Å². The quantitative estimate of drug-likeness (QED) is 0.560. The van der Waals surface area contributed by atoms with Gasteiger partial charge in [-0.3, -0.25) is 9.52 Å². The topological polar surface area (TPSA) is 92.8 Å². The summed E-state index contributed by atoms with van der Waals surface area (Å²) in [4.78, 5) is 26.7. The van der Waals surface area contributed by atoms with E-state index in [9.17, 15) is 22.4 Å². The number of ether oxygens (including phenoxy) is 1. The molecule has 7 nitrogen and oxygen atoms in total. The Morgan fingerprint density at radius 3 is 2.36 bits per heavy atom. The molecule has 0 fully saturated rings. The van der Waals surface area contributed by atoms with E-state index in [-0.39, 0.29) is 22.1 Å². The van der Waals surface area contributed by atoms with Gasteiger partial charge in [-0.2, -0.15) is 0 Å². The van der Waals surface area contributed by atoms with E-state index in [0.717, 1.165) is 36.2 Å². The largest absolute Gasteiger partial charge is 0.452 e. The predicted molar refractivity (Wildman–Crippen MR) is 119 cm³/mol. The van der Waals surface area contributed by atoms with Crippen LogP contribution in [-0.2, 0) is 32.5 Å². The Morgan fingerprint density at radius 1 is 0.939 bits per heavy atom. The Hall–Kier alpha value is -3.72. The molecule has 1 N–H and O–H groups in total. The molecule has 170 valence electrons. The van der Waals surface area contributed by atoms with Crippen molar-refractivity contribution < 1.29 is 27.1 Å². The summed E-state index contributed by atoms with van der Waals surface area (Å²) in [5, 5.41) is 0. The first kappa shape index (κ1) is 22.5. The van der Waals surface area contributed by atoms with E-state index in [1.807, 2.05) is 24.3 Å². The van der Waals surface area contributed by atoms with Gasteiger partial charge >= 0.3 is 5.97 Å². The molecule has 0 unspecified atom stereocenters. The number of nitrogens with zero attached hydrogens (tertiary/aromatic N) is 1. The molecule has 0 spiro atoms. The fourth-order valence-corrected chi connectivity index (χ4v) is 4.65. The van der Waals surface area contributed by atoms with Gasteiger partial charge in [-0.05, 0) is 53.9 Å². The zero-order valence-electron chi connectivity index (χ0n) is 17.5. The smallest absolute Gasteiger partial charge is 0.340 e. The molecule has 3 aromatic carbocycles. The third kappa shape index (κ3) is 5.20. The molecule has 0 saturated heterocycles. The van der Waals surface area contributed by atoms with Crippen molar-refractivity contribution in [2.24, 2.45) is 0 Å². The molecule has 0 atom stereocenters. The lowest BCUT2D eigenvalue weighted by Gasteiger charge is -2.28. The summed E-state index contributed by atoms with van der Waals surface area (Å²) < 4.78 is 45.9. The lowest BCUT2D eigenvalue weighted by Crippen LogP contribution is -2.38. The summed E-state index contributed by atoms with van der Waals surface area (Å²) in [6, 6.07) is 18.1. The fourth-order valence-electron chi connectivity index (χ4n) is 3.57. The second kappa shape index (κ2) is 9.41. The Bertz CT molecular complexity index is 1290. The van der Waals surface area contributed by atoms with Gasteiger partial charge < -0.3 is 9.64 Å². The number of sulfonamides is 1. The Balaban J connectivity index is 1.42. The number of hydrogen-bond acceptors (Lipinski definition) is 5. The number of halogens is 1. The normalized spacial score (nSPS) is 13.2. The molecular weight excluding hydrogens is 447 g/mol. The second-order valence-corrected chi connectivity index (χ2v) is 9.20. The number of nitrogens with one attached hydrogen (secondary N) is 1. The molecule has 33 heavy (non-hydrogen) atoms. The SMILES string of the molecule is O=C(OCC(=O)N1CCc2ccccc2C1)c1ccccc1NS(=O)(=O)c1ccc(F)cc1. The zero-order valence-corrected chi connectivity index (χ0v) is 18.3. The molecular formula is C24H21FN2O5S. The van der Waals surface area contributed by atoms with E-state index in [4.69, 9.17) is 4.74 Å². The van der Waals surface area contributed by atoms with Crippen molar-refractivity contribution >= 4 is 27.6 Å². The minimum atomic E-state index is -4.06. The van der Waals surface area contributed by atoms with Gasteiger partial charge in [0, 0.05) is 13.1 Å². The van der Waals surface area contributed by atoms with E-state index >= 15 is 0 Å². The first-order chi connectivity index (χ1) is 15.8. The minimum Gasteiger partial charge on any atom is -0.452 e. The number of amides is 1. The number of carbonyl (C=O) groups excluding carboxylic acids is 2. The van der Waals surface area contributed by atoms with E-state index in [1.54, 1.807) is 17.0 Å². The zero-order chi connectivity index (χ0) is 23.4. The van der Waals surface area contributed by atoms with Crippen LogP contribution in [0.15, 0.2) is 77.7 Å². The number of para-hydroxylation sites is 1. The van der Waals surface area contributed by atoms with Gasteiger partial charge in [0.1, 0.15) is 5.82 Å². The van der Waals surface area contributed by atoms with Crippen LogP contribution in [-0.4, -0.2) is 38.3 Å². The fraction of sp³-hybridized carbons (Fsp3) is 0.167. The number of benzene rings is 3. The molecule has 1 amide bonds. The van der Waals surface area contributed by atoms with Crippen molar-refractivity contribution in [2.45, 2.75) is 17.9 Å². The van der Waals surface area contributed by atoms with Crippen LogP contribution >= 0.6 is 0 Å². The van der Waals surface area contributed by atoms with Crippen molar-refractivity contribution in [3.8, 4) is 0 Å². The number of anilines is 1. The highest BCUT2D eigenvalue weighted by atomic mass is 32.2. The predicted octanol–water partition coefficient (Wildman–Crippen LogP) is 3.37. The van der Waals surface area contributed by atoms with E-state index in [1.165, 1.54) is 17.7 Å². The lowest BCUT2D eigenvalue weighted by atomic mass is 10.00. The highest BCUT2D eigenvalue weighted by Gasteiger charge is 2.23. The molecule has 4 rings (SSSR count). The third-order valence-corrected chi connectivity index (χ3v) is 6.71. The molecule has 1 aliphatic heterocycles. The van der Waals surface area contributed by atoms with Crippen molar-refractivity contribution in [1.82, 2.24) is 4.90 Å². The van der Waals surface area contributed by atoms with Gasteiger partial charge in [-0.1, -0.05) is 36.4 Å². The van der Waals surface area contributed by atoms with Crippen LogP contribution in [0.2, 0.25) is 0 Å². The van der Waals surface area contributed by atoms with Crippen LogP contribution in [0.25, 0.3) is 0 Å². The van der Waals surface area contributed by atoms with E-state index < -0.39 is 28.4 Å². The summed E-state index contributed by atoms with van der Waals surface area (Å²) in [6.07, 6.45) is 0.726. The van der Waals surface area contributed by atoms with Gasteiger partial charge in [0.05, 0.1) is 16.1 Å². The van der Waals surface area contributed by atoms with Crippen LogP contribution < -0.4 is 4.72 Å². The second-order valence-electron chi connectivity index (χ2n) is 7.52. The van der Waals surface area contributed by atoms with E-state index in [2.05, 4.69) is 4.72 Å². The van der Waals surface area contributed by atoms with Crippen molar-refractivity contribution in [3.63, 3.8) is 0 Å². The number of carbonyl (C=O) groups is 2. The highest BCUT2D eigenvalue weighted by Crippen LogP contribution is 2.22. The van der Waals surface area contributed by atoms with Gasteiger partial charge in [-0.25, -0.2) is 17.6 Å². The van der Waals surface area contributed by atoms with E-state index in [0.29, 0.717) is 13.1 Å². The maximum Gasteiger partial charge on any atom is 0.340 e. The Kier molecular flexibility index (Phi) is 6.41. The average molecular weight is 469 g/mol. The monoisotopic (exact) mass is 468 g/mol. The van der Waals surface area contributed by atoms with Crippen LogP contribution in [0, 0.1) is 5.82 Å². The molecule has 9 heteroatoms. The van der Waals surface area contributed by atoms with Crippen LogP contribution in [0.1, 0.15) is 21.5 Å². The van der Waals surface area contributed by atoms with Crippen molar-refractivity contribution in [1.29, 1.82) is 0 Å². The molecule has 1 heterocycles. The molecule has 1 aliphatic rings. The first-order valence-electron chi connectivity index (χ1n) is 10.2. The number of esters is 1. The maximum absolute atomic E-state index is 13.1. The standard InChI is InChI=1S/C24H21FN2O5S/c25-19-9-11-20(12-10-19)33(30,31)26-22-8-4-3-7-21(22)24(29)32-16-23(28)27-14-13-17-5-1-2-6-18(17)15-27/h1-12,26H,13-16H2. The number of rotatable bonds is 6. The Morgan fingerprint density at radius 2 is 1.61 bits per heavy atom. The summed E-state index contributed by atoms with van der Waals surface area (Å²) >= 11 is 0. The summed E-state index contributed by atoms with van der Waals surface area (Å²) in [5.41, 5.74) is 2.20. The first-order valence-corrected chi connectivity index (χ1v) is 11.7. The Labute approximate surface area is 190 Å².